The number of carbonyl (C=O) groups excluding carboxylic acids is 3. The van der Waals surface area contributed by atoms with Crippen molar-refractivity contribution < 1.29 is 14.4 Å². The first-order valence-corrected chi connectivity index (χ1v) is 7.34. The van der Waals surface area contributed by atoms with Gasteiger partial charge in [0.25, 0.3) is 0 Å². The van der Waals surface area contributed by atoms with Crippen LogP contribution in [-0.2, 0) is 9.59 Å². The molecule has 1 heterocycles. The van der Waals surface area contributed by atoms with Crippen LogP contribution in [0.5, 0.6) is 0 Å². The van der Waals surface area contributed by atoms with Crippen molar-refractivity contribution in [2.75, 3.05) is 0 Å². The van der Waals surface area contributed by atoms with Gasteiger partial charge in [0.15, 0.2) is 0 Å². The Bertz CT molecular complexity index is 420. The van der Waals surface area contributed by atoms with Gasteiger partial charge in [0, 0.05) is 6.04 Å². The minimum Gasteiger partial charge on any atom is -0.277 e. The summed E-state index contributed by atoms with van der Waals surface area (Å²) in [6, 6.07) is -0.508. The number of imide groups is 2. The first-order chi connectivity index (χ1) is 9.15. The van der Waals surface area contributed by atoms with Gasteiger partial charge in [-0.25, -0.2) is 4.79 Å². The van der Waals surface area contributed by atoms with Crippen molar-refractivity contribution >= 4 is 17.8 Å². The molecule has 3 fully saturated rings. The molecule has 4 amide bonds. The van der Waals surface area contributed by atoms with Gasteiger partial charge in [-0.05, 0) is 25.7 Å². The molecule has 5 heteroatoms. The molecule has 0 unspecified atom stereocenters. The summed E-state index contributed by atoms with van der Waals surface area (Å²) in [6.07, 6.45) is 8.02. The number of hydrogen-bond donors (Lipinski definition) is 1. The van der Waals surface area contributed by atoms with Gasteiger partial charge < -0.3 is 0 Å². The molecule has 1 N–H and O–H groups in total. The van der Waals surface area contributed by atoms with Crippen LogP contribution in [0.3, 0.4) is 0 Å². The van der Waals surface area contributed by atoms with E-state index < -0.39 is 11.4 Å². The summed E-state index contributed by atoms with van der Waals surface area (Å²) in [7, 11) is 0. The molecule has 0 aromatic rings. The molecule has 3 rings (SSSR count). The Labute approximate surface area is 112 Å². The second kappa shape index (κ2) is 4.62. The Morgan fingerprint density at radius 1 is 0.947 bits per heavy atom. The number of nitrogens with one attached hydrogen (secondary N) is 1. The SMILES string of the molecule is O=C1NC(=O)C2(CCCC2)C(=O)N1C1CCCCC1. The van der Waals surface area contributed by atoms with Gasteiger partial charge in [0.2, 0.25) is 11.8 Å². The standard InChI is InChI=1S/C14H20N2O3/c17-11-14(8-4-5-9-14)12(18)16(13(19)15-11)10-6-2-1-3-7-10/h10H,1-9H2,(H,15,17,19). The highest BCUT2D eigenvalue weighted by Gasteiger charge is 2.56. The van der Waals surface area contributed by atoms with Crippen LogP contribution in [-0.4, -0.2) is 28.8 Å². The molecule has 0 aromatic carbocycles. The van der Waals surface area contributed by atoms with E-state index in [1.165, 1.54) is 11.3 Å². The Morgan fingerprint density at radius 3 is 2.21 bits per heavy atom. The van der Waals surface area contributed by atoms with Crippen LogP contribution in [0.2, 0.25) is 0 Å². The number of urea groups is 1. The fraction of sp³-hybridized carbons (Fsp3) is 0.786. The van der Waals surface area contributed by atoms with Gasteiger partial charge in [-0.3, -0.25) is 19.8 Å². The topological polar surface area (TPSA) is 66.5 Å². The fourth-order valence-electron chi connectivity index (χ4n) is 3.79. The van der Waals surface area contributed by atoms with E-state index in [1.54, 1.807) is 0 Å². The third-order valence-corrected chi connectivity index (χ3v) is 4.90. The molecule has 104 valence electrons. The van der Waals surface area contributed by atoms with Crippen LogP contribution >= 0.6 is 0 Å². The highest BCUT2D eigenvalue weighted by atomic mass is 16.2. The lowest BCUT2D eigenvalue weighted by Gasteiger charge is -2.41. The van der Waals surface area contributed by atoms with Crippen LogP contribution in [0, 0.1) is 5.41 Å². The van der Waals surface area contributed by atoms with Crippen LogP contribution in [0.15, 0.2) is 0 Å². The molecule has 0 aromatic heterocycles. The van der Waals surface area contributed by atoms with E-state index >= 15 is 0 Å². The molecule has 2 saturated carbocycles. The molecule has 1 saturated heterocycles. The van der Waals surface area contributed by atoms with E-state index in [4.69, 9.17) is 0 Å². The van der Waals surface area contributed by atoms with E-state index in [1.807, 2.05) is 0 Å². The molecular formula is C14H20N2O3. The Hall–Kier alpha value is -1.39. The van der Waals surface area contributed by atoms with E-state index in [0.717, 1.165) is 38.5 Å². The van der Waals surface area contributed by atoms with Crippen molar-refractivity contribution in [3.05, 3.63) is 0 Å². The fourth-order valence-corrected chi connectivity index (χ4v) is 3.79. The molecule has 2 aliphatic carbocycles. The van der Waals surface area contributed by atoms with Crippen LogP contribution in [0.4, 0.5) is 4.79 Å². The lowest BCUT2D eigenvalue weighted by Crippen LogP contribution is -2.65. The predicted octanol–water partition coefficient (Wildman–Crippen LogP) is 1.96. The first-order valence-electron chi connectivity index (χ1n) is 7.34. The Kier molecular flexibility index (Phi) is 3.07. The lowest BCUT2D eigenvalue weighted by atomic mass is 9.80. The summed E-state index contributed by atoms with van der Waals surface area (Å²) in [6.45, 7) is 0. The molecule has 1 spiro atoms. The molecule has 0 radical (unpaired) electrons. The molecular weight excluding hydrogens is 244 g/mol. The van der Waals surface area contributed by atoms with Crippen molar-refractivity contribution in [2.24, 2.45) is 5.41 Å². The predicted molar refractivity (Wildman–Crippen MR) is 68.2 cm³/mol. The molecule has 3 aliphatic rings. The van der Waals surface area contributed by atoms with E-state index in [0.29, 0.717) is 12.8 Å². The monoisotopic (exact) mass is 264 g/mol. The molecule has 0 atom stereocenters. The number of barbiturate groups is 1. The van der Waals surface area contributed by atoms with Crippen molar-refractivity contribution in [3.8, 4) is 0 Å². The van der Waals surface area contributed by atoms with Crippen LogP contribution < -0.4 is 5.32 Å². The summed E-state index contributed by atoms with van der Waals surface area (Å²) in [5.41, 5.74) is -0.939. The minimum absolute atomic E-state index is 0.00757. The van der Waals surface area contributed by atoms with Crippen LogP contribution in [0.1, 0.15) is 57.8 Å². The van der Waals surface area contributed by atoms with E-state index in [-0.39, 0.29) is 17.9 Å². The van der Waals surface area contributed by atoms with Gasteiger partial charge in [-0.2, -0.15) is 0 Å². The van der Waals surface area contributed by atoms with Gasteiger partial charge in [-0.15, -0.1) is 0 Å². The average molecular weight is 264 g/mol. The third-order valence-electron chi connectivity index (χ3n) is 4.90. The summed E-state index contributed by atoms with van der Waals surface area (Å²) < 4.78 is 0. The number of amides is 4. The van der Waals surface area contributed by atoms with E-state index in [9.17, 15) is 14.4 Å². The number of nitrogens with zero attached hydrogens (tertiary/aromatic N) is 1. The smallest absolute Gasteiger partial charge is 0.277 e. The second-order valence-corrected chi connectivity index (χ2v) is 6.02. The summed E-state index contributed by atoms with van der Waals surface area (Å²) >= 11 is 0. The quantitative estimate of drug-likeness (QED) is 0.736. The van der Waals surface area contributed by atoms with Crippen molar-refractivity contribution in [1.82, 2.24) is 10.2 Å². The largest absolute Gasteiger partial charge is 0.331 e. The van der Waals surface area contributed by atoms with Crippen molar-refractivity contribution in [3.63, 3.8) is 0 Å². The summed E-state index contributed by atoms with van der Waals surface area (Å²) in [5.74, 6) is -0.599. The highest BCUT2D eigenvalue weighted by Crippen LogP contribution is 2.43. The Balaban J connectivity index is 1.88. The van der Waals surface area contributed by atoms with E-state index in [2.05, 4.69) is 5.32 Å². The maximum absolute atomic E-state index is 12.7. The number of rotatable bonds is 1. The van der Waals surface area contributed by atoms with Gasteiger partial charge in [0.05, 0.1) is 0 Å². The van der Waals surface area contributed by atoms with Crippen molar-refractivity contribution in [2.45, 2.75) is 63.8 Å². The zero-order valence-corrected chi connectivity index (χ0v) is 11.1. The van der Waals surface area contributed by atoms with Crippen LogP contribution in [0.25, 0.3) is 0 Å². The summed E-state index contributed by atoms with van der Waals surface area (Å²) in [4.78, 5) is 38.2. The minimum atomic E-state index is -0.939. The number of carbonyl (C=O) groups is 3. The highest BCUT2D eigenvalue weighted by molar-refractivity contribution is 6.19. The second-order valence-electron chi connectivity index (χ2n) is 6.02. The Morgan fingerprint density at radius 2 is 1.58 bits per heavy atom. The summed E-state index contributed by atoms with van der Waals surface area (Å²) in [5, 5.41) is 2.42. The molecule has 5 nitrogen and oxygen atoms in total. The average Bonchev–Trinajstić information content (AvgIpc) is 2.89. The zero-order valence-electron chi connectivity index (χ0n) is 11.1. The van der Waals surface area contributed by atoms with Gasteiger partial charge in [0.1, 0.15) is 5.41 Å². The molecule has 19 heavy (non-hydrogen) atoms. The van der Waals surface area contributed by atoms with Crippen molar-refractivity contribution in [1.29, 1.82) is 0 Å². The number of hydrogen-bond acceptors (Lipinski definition) is 3. The maximum Gasteiger partial charge on any atom is 0.331 e. The van der Waals surface area contributed by atoms with Gasteiger partial charge >= 0.3 is 6.03 Å². The maximum atomic E-state index is 12.7. The first kappa shape index (κ1) is 12.6. The normalized spacial score (nSPS) is 28.0. The lowest BCUT2D eigenvalue weighted by molar-refractivity contribution is -0.153. The molecule has 1 aliphatic heterocycles. The third kappa shape index (κ3) is 1.86. The van der Waals surface area contributed by atoms with Gasteiger partial charge in [-0.1, -0.05) is 32.1 Å². The molecule has 0 bridgehead atoms. The zero-order chi connectivity index (χ0) is 13.5.